The Morgan fingerprint density at radius 3 is 2.39 bits per heavy atom. The molecule has 1 aromatic heterocycles. The van der Waals surface area contributed by atoms with Crippen molar-refractivity contribution in [3.63, 3.8) is 0 Å². The fourth-order valence-electron chi connectivity index (χ4n) is 3.12. The first-order valence-corrected chi connectivity index (χ1v) is 9.71. The van der Waals surface area contributed by atoms with Crippen molar-refractivity contribution in [1.82, 2.24) is 10.3 Å². The largest absolute Gasteiger partial charge is 0.417 e. The van der Waals surface area contributed by atoms with Gasteiger partial charge in [0.1, 0.15) is 5.82 Å². The highest BCUT2D eigenvalue weighted by atomic mass is 19.4. The monoisotopic (exact) mass is 445 g/mol. The first kappa shape index (κ1) is 24.6. The molecule has 2 heterocycles. The zero-order valence-corrected chi connectivity index (χ0v) is 17.3. The van der Waals surface area contributed by atoms with Crippen LogP contribution in [0.3, 0.4) is 0 Å². The lowest BCUT2D eigenvalue weighted by Gasteiger charge is -2.29. The lowest BCUT2D eigenvalue weighted by Crippen LogP contribution is -2.36. The minimum atomic E-state index is -4.53. The Labute approximate surface area is 177 Å². The summed E-state index contributed by atoms with van der Waals surface area (Å²) in [7, 11) is 0. The van der Waals surface area contributed by atoms with Crippen LogP contribution >= 0.6 is 0 Å². The third-order valence-electron chi connectivity index (χ3n) is 4.80. The first-order chi connectivity index (χ1) is 14.3. The Morgan fingerprint density at radius 2 is 1.87 bits per heavy atom. The highest BCUT2D eigenvalue weighted by molar-refractivity contribution is 5.47. The molecule has 170 valence electrons. The molecule has 0 bridgehead atoms. The van der Waals surface area contributed by atoms with E-state index < -0.39 is 23.5 Å². The normalized spacial score (nSPS) is 19.3. The quantitative estimate of drug-likeness (QED) is 0.393. The maximum Gasteiger partial charge on any atom is 0.417 e. The van der Waals surface area contributed by atoms with Crippen molar-refractivity contribution in [2.24, 2.45) is 5.92 Å². The lowest BCUT2D eigenvalue weighted by atomic mass is 9.91. The van der Waals surface area contributed by atoms with Gasteiger partial charge in [-0.25, -0.2) is 4.98 Å². The first-order valence-electron chi connectivity index (χ1n) is 9.71. The van der Waals surface area contributed by atoms with Crippen molar-refractivity contribution in [2.75, 3.05) is 11.9 Å². The molecule has 0 aromatic carbocycles. The SMILES string of the molecule is C=C(/C=C1\NCCCC1Nc1ccc(C(F)(F)F)cn1)/C(=C/C(=C)C(F)(F)F)C(C)C. The number of rotatable bonds is 6. The number of pyridine rings is 1. The summed E-state index contributed by atoms with van der Waals surface area (Å²) in [6, 6.07) is 1.89. The molecule has 0 radical (unpaired) electrons. The fourth-order valence-corrected chi connectivity index (χ4v) is 3.12. The number of hydrogen-bond acceptors (Lipinski definition) is 3. The number of anilines is 1. The molecule has 2 rings (SSSR count). The van der Waals surface area contributed by atoms with Crippen molar-refractivity contribution in [3.8, 4) is 0 Å². The van der Waals surface area contributed by atoms with E-state index in [2.05, 4.69) is 28.8 Å². The summed E-state index contributed by atoms with van der Waals surface area (Å²) >= 11 is 0. The van der Waals surface area contributed by atoms with Crippen molar-refractivity contribution < 1.29 is 26.3 Å². The van der Waals surface area contributed by atoms with Crippen molar-refractivity contribution in [2.45, 2.75) is 45.1 Å². The number of alkyl halides is 6. The zero-order valence-electron chi connectivity index (χ0n) is 17.3. The number of allylic oxidation sites excluding steroid dienone is 5. The number of halogens is 6. The van der Waals surface area contributed by atoms with E-state index in [0.717, 1.165) is 24.8 Å². The highest BCUT2D eigenvalue weighted by Crippen LogP contribution is 2.31. The van der Waals surface area contributed by atoms with Crippen molar-refractivity contribution >= 4 is 5.82 Å². The van der Waals surface area contributed by atoms with Crippen LogP contribution in [0, 0.1) is 5.92 Å². The van der Waals surface area contributed by atoms with Gasteiger partial charge >= 0.3 is 12.4 Å². The molecule has 0 spiro atoms. The fraction of sp³-hybridized carbons (Fsp3) is 0.409. The molecule has 0 saturated carbocycles. The number of nitrogens with one attached hydrogen (secondary N) is 2. The number of nitrogens with zero attached hydrogens (tertiary/aromatic N) is 1. The molecule has 0 amide bonds. The standard InChI is InChI=1S/C22H25F6N3/c1-13(2)17(11-15(4)21(23,24)25)14(3)10-19-18(6-5-9-29-19)31-20-8-7-16(12-30-20)22(26,27)28/h7-8,10-13,18,29H,3-6,9H2,1-2H3,(H,30,31)/b17-11+,19-10-. The molecule has 1 unspecified atom stereocenters. The van der Waals surface area contributed by atoms with Gasteiger partial charge in [0.25, 0.3) is 0 Å². The highest BCUT2D eigenvalue weighted by Gasteiger charge is 2.32. The van der Waals surface area contributed by atoms with Crippen LogP contribution in [0.1, 0.15) is 32.3 Å². The molecular weight excluding hydrogens is 420 g/mol. The zero-order chi connectivity index (χ0) is 23.4. The Hall–Kier alpha value is -2.71. The Balaban J connectivity index is 2.24. The van der Waals surface area contributed by atoms with E-state index in [1.807, 2.05) is 0 Å². The van der Waals surface area contributed by atoms with E-state index in [4.69, 9.17) is 0 Å². The van der Waals surface area contributed by atoms with E-state index in [9.17, 15) is 26.3 Å². The van der Waals surface area contributed by atoms with Crippen molar-refractivity contribution in [3.05, 3.63) is 71.6 Å². The second kappa shape index (κ2) is 9.62. The van der Waals surface area contributed by atoms with Crippen LogP contribution < -0.4 is 10.6 Å². The van der Waals surface area contributed by atoms with Crippen LogP contribution in [0.15, 0.2) is 66.1 Å². The van der Waals surface area contributed by atoms with Crippen LogP contribution in [0.4, 0.5) is 32.2 Å². The smallest absolute Gasteiger partial charge is 0.387 e. The molecule has 1 aliphatic heterocycles. The van der Waals surface area contributed by atoms with Gasteiger partial charge in [0.05, 0.1) is 11.6 Å². The maximum absolute atomic E-state index is 12.9. The molecule has 9 heteroatoms. The Bertz CT molecular complexity index is 861. The molecule has 31 heavy (non-hydrogen) atoms. The molecule has 3 nitrogen and oxygen atoms in total. The van der Waals surface area contributed by atoms with E-state index >= 15 is 0 Å². The molecule has 0 aliphatic carbocycles. The summed E-state index contributed by atoms with van der Waals surface area (Å²) in [5, 5.41) is 6.27. The molecule has 1 atom stereocenters. The van der Waals surface area contributed by atoms with Gasteiger partial charge < -0.3 is 10.6 Å². The Kier molecular flexibility index (Phi) is 7.62. The van der Waals surface area contributed by atoms with Gasteiger partial charge in [-0.1, -0.05) is 27.0 Å². The predicted octanol–water partition coefficient (Wildman–Crippen LogP) is 6.41. The lowest BCUT2D eigenvalue weighted by molar-refractivity contribution is -0.137. The second-order valence-electron chi connectivity index (χ2n) is 7.60. The van der Waals surface area contributed by atoms with Gasteiger partial charge in [-0.05, 0) is 54.2 Å². The van der Waals surface area contributed by atoms with E-state index in [-0.39, 0.29) is 17.8 Å². The minimum Gasteiger partial charge on any atom is -0.387 e. The molecule has 1 aromatic rings. The molecule has 1 saturated heterocycles. The summed E-state index contributed by atoms with van der Waals surface area (Å²) in [4.78, 5) is 3.83. The van der Waals surface area contributed by atoms with Gasteiger partial charge in [-0.2, -0.15) is 26.3 Å². The van der Waals surface area contributed by atoms with E-state index in [1.54, 1.807) is 19.9 Å². The molecule has 2 N–H and O–H groups in total. The molecule has 1 fully saturated rings. The molecular formula is C22H25F6N3. The average Bonchev–Trinajstić information content (AvgIpc) is 2.66. The summed E-state index contributed by atoms with van der Waals surface area (Å²) in [6.45, 7) is 11.2. The van der Waals surface area contributed by atoms with Gasteiger partial charge in [0.2, 0.25) is 0 Å². The summed E-state index contributed by atoms with van der Waals surface area (Å²) in [6.07, 6.45) is -4.12. The summed E-state index contributed by atoms with van der Waals surface area (Å²) in [5.74, 6) is 0.0401. The third-order valence-corrected chi connectivity index (χ3v) is 4.80. The number of piperidine rings is 1. The number of aromatic nitrogens is 1. The van der Waals surface area contributed by atoms with E-state index in [0.29, 0.717) is 29.8 Å². The second-order valence-corrected chi connectivity index (χ2v) is 7.60. The average molecular weight is 445 g/mol. The van der Waals surface area contributed by atoms with Gasteiger partial charge in [0.15, 0.2) is 0 Å². The summed E-state index contributed by atoms with van der Waals surface area (Å²) < 4.78 is 76.9. The predicted molar refractivity (Wildman–Crippen MR) is 109 cm³/mol. The Morgan fingerprint density at radius 1 is 1.19 bits per heavy atom. The molecule has 1 aliphatic rings. The summed E-state index contributed by atoms with van der Waals surface area (Å²) in [5.41, 5.74) is -0.329. The van der Waals surface area contributed by atoms with Crippen LogP contribution in [0.5, 0.6) is 0 Å². The van der Waals surface area contributed by atoms with Crippen LogP contribution in [0.2, 0.25) is 0 Å². The van der Waals surface area contributed by atoms with Crippen LogP contribution in [0.25, 0.3) is 0 Å². The topological polar surface area (TPSA) is 37.0 Å². The number of hydrogen-bond donors (Lipinski definition) is 2. The minimum absolute atomic E-state index is 0.227. The van der Waals surface area contributed by atoms with Crippen LogP contribution in [-0.4, -0.2) is 23.7 Å². The van der Waals surface area contributed by atoms with Crippen LogP contribution in [-0.2, 0) is 6.18 Å². The van der Waals surface area contributed by atoms with E-state index in [1.165, 1.54) is 6.07 Å². The van der Waals surface area contributed by atoms with Gasteiger partial charge in [0, 0.05) is 24.0 Å². The maximum atomic E-state index is 12.9. The van der Waals surface area contributed by atoms with Crippen molar-refractivity contribution in [1.29, 1.82) is 0 Å². The van der Waals surface area contributed by atoms with Gasteiger partial charge in [-0.3, -0.25) is 0 Å². The third kappa shape index (κ3) is 6.90. The van der Waals surface area contributed by atoms with Gasteiger partial charge in [-0.15, -0.1) is 0 Å².